The molecule has 7 heteroatoms. The summed E-state index contributed by atoms with van der Waals surface area (Å²) in [6.07, 6.45) is 3.66. The fourth-order valence-electron chi connectivity index (χ4n) is 3.35. The zero-order chi connectivity index (χ0) is 18.1. The lowest BCUT2D eigenvalue weighted by Crippen LogP contribution is -2.35. The van der Waals surface area contributed by atoms with Crippen molar-refractivity contribution in [3.63, 3.8) is 0 Å². The second-order valence-electron chi connectivity index (χ2n) is 6.45. The number of para-hydroxylation sites is 1. The first-order valence-corrected chi connectivity index (χ1v) is 10.1. The molecular weight excluding hydrogens is 350 g/mol. The van der Waals surface area contributed by atoms with E-state index in [1.807, 2.05) is 23.1 Å². The monoisotopic (exact) mass is 369 g/mol. The van der Waals surface area contributed by atoms with Crippen LogP contribution in [-0.2, 0) is 10.0 Å². The minimum absolute atomic E-state index is 0.101. The number of nitrogens with zero attached hydrogens (tertiary/aromatic N) is 2. The summed E-state index contributed by atoms with van der Waals surface area (Å²) in [7, 11) is -3.79. The number of amides is 1. The third kappa shape index (κ3) is 3.10. The highest BCUT2D eigenvalue weighted by molar-refractivity contribution is 7.90. The minimum Gasteiger partial charge on any atom is -0.328 e. The molecule has 1 fully saturated rings. The number of carbonyl (C=O) groups excluding carboxylic acids is 1. The third-order valence-electron chi connectivity index (χ3n) is 4.64. The van der Waals surface area contributed by atoms with Crippen LogP contribution in [0.4, 0.5) is 11.4 Å². The molecule has 1 saturated heterocycles. The molecular formula is C19H19N3O3S. The van der Waals surface area contributed by atoms with E-state index in [2.05, 4.69) is 9.71 Å². The third-order valence-corrected chi connectivity index (χ3v) is 5.98. The summed E-state index contributed by atoms with van der Waals surface area (Å²) >= 11 is 0. The average molecular weight is 369 g/mol. The first-order chi connectivity index (χ1) is 12.5. The number of rotatable bonds is 2. The summed E-state index contributed by atoms with van der Waals surface area (Å²) in [6.45, 7) is 0.747. The number of fused-ring (bicyclic) bond motifs is 3. The van der Waals surface area contributed by atoms with E-state index in [1.165, 1.54) is 6.07 Å². The fourth-order valence-corrected chi connectivity index (χ4v) is 4.63. The van der Waals surface area contributed by atoms with Crippen molar-refractivity contribution in [2.75, 3.05) is 16.8 Å². The molecule has 2 aliphatic rings. The Morgan fingerprint density at radius 1 is 1.04 bits per heavy atom. The highest BCUT2D eigenvalue weighted by atomic mass is 32.2. The molecule has 1 amide bonds. The van der Waals surface area contributed by atoms with E-state index in [1.54, 1.807) is 24.3 Å². The molecule has 0 atom stereocenters. The van der Waals surface area contributed by atoms with Crippen LogP contribution in [-0.4, -0.2) is 26.7 Å². The maximum Gasteiger partial charge on any atom is 0.286 e. The lowest BCUT2D eigenvalue weighted by molar-refractivity contribution is 0.102. The maximum atomic E-state index is 12.6. The van der Waals surface area contributed by atoms with Crippen LogP contribution in [0.2, 0.25) is 0 Å². The number of sulfonamides is 1. The Kier molecular flexibility index (Phi) is 4.24. The normalized spacial score (nSPS) is 18.2. The lowest BCUT2D eigenvalue weighted by atomic mass is 10.1. The van der Waals surface area contributed by atoms with E-state index in [0.29, 0.717) is 29.2 Å². The summed E-state index contributed by atoms with van der Waals surface area (Å²) < 4.78 is 29.3. The number of benzene rings is 2. The van der Waals surface area contributed by atoms with E-state index in [4.69, 9.17) is 0 Å². The molecule has 0 unspecified atom stereocenters. The molecule has 2 aromatic rings. The Labute approximate surface area is 152 Å². The molecule has 6 nitrogen and oxygen atoms in total. The number of amidine groups is 1. The Bertz CT molecular complexity index is 984. The number of hydrogen-bond donors (Lipinski definition) is 1. The van der Waals surface area contributed by atoms with Gasteiger partial charge in [-0.3, -0.25) is 4.79 Å². The standard InChI is InChI=1S/C19H19N3O3S/c23-19(20-15-7-3-1-4-8-15)14-10-11-16-17(13-14)26(24,25)21-18-9-5-2-6-12-22(16)18/h1,3-4,7-8,10-11,13H,2,5-6,9,12H2,(H,20,23). The topological polar surface area (TPSA) is 78.8 Å². The summed E-state index contributed by atoms with van der Waals surface area (Å²) in [5, 5.41) is 2.78. The van der Waals surface area contributed by atoms with Gasteiger partial charge < -0.3 is 10.2 Å². The van der Waals surface area contributed by atoms with Crippen LogP contribution in [0.1, 0.15) is 36.0 Å². The van der Waals surface area contributed by atoms with Gasteiger partial charge in [0, 0.05) is 24.2 Å². The largest absolute Gasteiger partial charge is 0.328 e. The molecule has 0 aromatic heterocycles. The van der Waals surface area contributed by atoms with E-state index >= 15 is 0 Å². The maximum absolute atomic E-state index is 12.6. The molecule has 1 N–H and O–H groups in total. The van der Waals surface area contributed by atoms with Crippen LogP contribution in [0.25, 0.3) is 0 Å². The van der Waals surface area contributed by atoms with Crippen LogP contribution in [0, 0.1) is 0 Å². The van der Waals surface area contributed by atoms with Crippen LogP contribution in [0.15, 0.2) is 57.8 Å². The van der Waals surface area contributed by atoms with Crippen molar-refractivity contribution in [1.82, 2.24) is 0 Å². The van der Waals surface area contributed by atoms with Gasteiger partial charge in [0.15, 0.2) is 0 Å². The van der Waals surface area contributed by atoms with Gasteiger partial charge >= 0.3 is 0 Å². The van der Waals surface area contributed by atoms with Crippen molar-refractivity contribution < 1.29 is 13.2 Å². The molecule has 0 spiro atoms. The predicted molar refractivity (Wildman–Crippen MR) is 101 cm³/mol. The lowest BCUT2D eigenvalue weighted by Gasteiger charge is -2.29. The second-order valence-corrected chi connectivity index (χ2v) is 8.02. The van der Waals surface area contributed by atoms with Gasteiger partial charge in [-0.15, -0.1) is 4.40 Å². The van der Waals surface area contributed by atoms with E-state index in [9.17, 15) is 13.2 Å². The second kappa shape index (κ2) is 6.57. The van der Waals surface area contributed by atoms with Crippen LogP contribution >= 0.6 is 0 Å². The van der Waals surface area contributed by atoms with E-state index < -0.39 is 10.0 Å². The van der Waals surface area contributed by atoms with Gasteiger partial charge in [-0.2, -0.15) is 8.42 Å². The Hall–Kier alpha value is -2.67. The van der Waals surface area contributed by atoms with E-state index in [-0.39, 0.29) is 10.8 Å². The van der Waals surface area contributed by atoms with Crippen molar-refractivity contribution in [3.8, 4) is 0 Å². The SMILES string of the molecule is O=C(Nc1ccccc1)c1ccc2c(c1)S(=O)(=O)N=C1CCCCCN12. The highest BCUT2D eigenvalue weighted by Gasteiger charge is 2.32. The van der Waals surface area contributed by atoms with Gasteiger partial charge in [0.1, 0.15) is 10.7 Å². The van der Waals surface area contributed by atoms with Gasteiger partial charge in [-0.25, -0.2) is 0 Å². The van der Waals surface area contributed by atoms with Crippen molar-refractivity contribution in [3.05, 3.63) is 54.1 Å². The smallest absolute Gasteiger partial charge is 0.286 e. The summed E-state index contributed by atoms with van der Waals surface area (Å²) in [5.41, 5.74) is 1.57. The van der Waals surface area contributed by atoms with Crippen molar-refractivity contribution in [1.29, 1.82) is 0 Å². The molecule has 0 radical (unpaired) electrons. The molecule has 0 saturated carbocycles. The fraction of sp³-hybridized carbons (Fsp3) is 0.263. The van der Waals surface area contributed by atoms with Crippen molar-refractivity contribution in [2.45, 2.75) is 30.6 Å². The summed E-state index contributed by atoms with van der Waals surface area (Å²) in [5.74, 6) is 0.260. The van der Waals surface area contributed by atoms with Crippen molar-refractivity contribution in [2.24, 2.45) is 4.40 Å². The Morgan fingerprint density at radius 2 is 1.85 bits per heavy atom. The Morgan fingerprint density at radius 3 is 2.65 bits per heavy atom. The molecule has 2 aromatic carbocycles. The molecule has 26 heavy (non-hydrogen) atoms. The molecule has 0 bridgehead atoms. The molecule has 0 aliphatic carbocycles. The Balaban J connectivity index is 1.70. The van der Waals surface area contributed by atoms with Gasteiger partial charge in [0.2, 0.25) is 0 Å². The molecule has 134 valence electrons. The molecule has 2 heterocycles. The predicted octanol–water partition coefficient (Wildman–Crippen LogP) is 3.42. The number of nitrogens with one attached hydrogen (secondary N) is 1. The van der Waals surface area contributed by atoms with Gasteiger partial charge in [-0.05, 0) is 43.2 Å². The number of hydrogen-bond acceptors (Lipinski definition) is 4. The molecule has 2 aliphatic heterocycles. The number of anilines is 2. The highest BCUT2D eigenvalue weighted by Crippen LogP contribution is 2.35. The van der Waals surface area contributed by atoms with Gasteiger partial charge in [0.05, 0.1) is 5.69 Å². The van der Waals surface area contributed by atoms with Crippen molar-refractivity contribution >= 4 is 33.1 Å². The van der Waals surface area contributed by atoms with E-state index in [0.717, 1.165) is 25.8 Å². The van der Waals surface area contributed by atoms with Gasteiger partial charge in [0.25, 0.3) is 15.9 Å². The summed E-state index contributed by atoms with van der Waals surface area (Å²) in [6, 6.07) is 13.9. The number of carbonyl (C=O) groups is 1. The zero-order valence-corrected chi connectivity index (χ0v) is 15.0. The minimum atomic E-state index is -3.79. The first kappa shape index (κ1) is 16.8. The quantitative estimate of drug-likeness (QED) is 0.880. The summed E-state index contributed by atoms with van der Waals surface area (Å²) in [4.78, 5) is 14.6. The zero-order valence-electron chi connectivity index (χ0n) is 14.2. The van der Waals surface area contributed by atoms with Crippen LogP contribution < -0.4 is 10.2 Å². The first-order valence-electron chi connectivity index (χ1n) is 8.66. The van der Waals surface area contributed by atoms with Crippen LogP contribution in [0.3, 0.4) is 0 Å². The average Bonchev–Trinajstić information content (AvgIpc) is 2.87. The van der Waals surface area contributed by atoms with Gasteiger partial charge in [-0.1, -0.05) is 24.6 Å². The molecule has 4 rings (SSSR count). The van der Waals surface area contributed by atoms with Crippen LogP contribution in [0.5, 0.6) is 0 Å².